The van der Waals surface area contributed by atoms with Gasteiger partial charge in [0.05, 0.1) is 17.5 Å². The van der Waals surface area contributed by atoms with E-state index in [9.17, 15) is 9.59 Å². The highest BCUT2D eigenvalue weighted by Crippen LogP contribution is 2.36. The summed E-state index contributed by atoms with van der Waals surface area (Å²) in [6.45, 7) is 0.798. The van der Waals surface area contributed by atoms with Gasteiger partial charge in [0.2, 0.25) is 11.8 Å². The molecule has 24 heavy (non-hydrogen) atoms. The third-order valence-electron chi connectivity index (χ3n) is 3.51. The standard InChI is InChI=1S/C18H18N2O3S/c21-17(19-10-11-23-13-6-2-1-3-7-13)12-16-18(22)20-14-8-4-5-9-15(14)24-16/h1-9,16H,10-12H2,(H,19,21)(H,20,22). The average Bonchev–Trinajstić information content (AvgIpc) is 2.60. The largest absolute Gasteiger partial charge is 0.492 e. The zero-order valence-electron chi connectivity index (χ0n) is 13.0. The number of anilines is 1. The van der Waals surface area contributed by atoms with Crippen LogP contribution in [0, 0.1) is 0 Å². The van der Waals surface area contributed by atoms with E-state index in [0.29, 0.717) is 13.2 Å². The number of carbonyl (C=O) groups is 2. The number of rotatable bonds is 6. The number of hydrogen-bond donors (Lipinski definition) is 2. The second kappa shape index (κ2) is 7.88. The van der Waals surface area contributed by atoms with Gasteiger partial charge in [-0.1, -0.05) is 30.3 Å². The predicted molar refractivity (Wildman–Crippen MR) is 94.3 cm³/mol. The average molecular weight is 342 g/mol. The van der Waals surface area contributed by atoms with E-state index in [1.165, 1.54) is 11.8 Å². The minimum absolute atomic E-state index is 0.130. The number of hydrogen-bond acceptors (Lipinski definition) is 4. The zero-order valence-corrected chi connectivity index (χ0v) is 13.8. The van der Waals surface area contributed by atoms with Gasteiger partial charge in [-0.3, -0.25) is 9.59 Å². The molecule has 0 saturated heterocycles. The van der Waals surface area contributed by atoms with Crippen LogP contribution in [0.1, 0.15) is 6.42 Å². The number of nitrogens with one attached hydrogen (secondary N) is 2. The molecular formula is C18H18N2O3S. The van der Waals surface area contributed by atoms with Crippen LogP contribution in [-0.4, -0.2) is 30.2 Å². The molecule has 0 spiro atoms. The van der Waals surface area contributed by atoms with E-state index in [4.69, 9.17) is 4.74 Å². The Bertz CT molecular complexity index is 721. The molecule has 5 nitrogen and oxygen atoms in total. The fraction of sp³-hybridized carbons (Fsp3) is 0.222. The highest BCUT2D eigenvalue weighted by Gasteiger charge is 2.28. The van der Waals surface area contributed by atoms with Crippen LogP contribution < -0.4 is 15.4 Å². The van der Waals surface area contributed by atoms with Crippen molar-refractivity contribution in [2.75, 3.05) is 18.5 Å². The van der Waals surface area contributed by atoms with Crippen molar-refractivity contribution in [1.82, 2.24) is 5.32 Å². The quantitative estimate of drug-likeness (QED) is 0.792. The minimum Gasteiger partial charge on any atom is -0.492 e. The minimum atomic E-state index is -0.407. The van der Waals surface area contributed by atoms with Crippen molar-refractivity contribution in [3.8, 4) is 5.75 Å². The summed E-state index contributed by atoms with van der Waals surface area (Å²) >= 11 is 1.43. The molecule has 0 bridgehead atoms. The summed E-state index contributed by atoms with van der Waals surface area (Å²) in [4.78, 5) is 25.1. The van der Waals surface area contributed by atoms with Gasteiger partial charge in [-0.05, 0) is 24.3 Å². The number of thioether (sulfide) groups is 1. The number of ether oxygens (including phenoxy) is 1. The summed E-state index contributed by atoms with van der Waals surface area (Å²) in [5.74, 6) is 0.485. The van der Waals surface area contributed by atoms with Crippen molar-refractivity contribution in [2.24, 2.45) is 0 Å². The molecule has 2 N–H and O–H groups in total. The van der Waals surface area contributed by atoms with Crippen LogP contribution >= 0.6 is 11.8 Å². The van der Waals surface area contributed by atoms with Gasteiger partial charge in [-0.2, -0.15) is 0 Å². The number of carbonyl (C=O) groups excluding carboxylic acids is 2. The Hall–Kier alpha value is -2.47. The molecule has 124 valence electrons. The maximum absolute atomic E-state index is 12.1. The molecule has 1 aliphatic heterocycles. The third-order valence-corrected chi connectivity index (χ3v) is 4.79. The first-order chi connectivity index (χ1) is 11.7. The van der Waals surface area contributed by atoms with Crippen LogP contribution in [0.3, 0.4) is 0 Å². The Morgan fingerprint density at radius 1 is 1.12 bits per heavy atom. The van der Waals surface area contributed by atoms with Crippen molar-refractivity contribution in [1.29, 1.82) is 0 Å². The Balaban J connectivity index is 1.43. The van der Waals surface area contributed by atoms with Gasteiger partial charge in [0.1, 0.15) is 12.4 Å². The molecule has 2 aromatic rings. The molecule has 0 aliphatic carbocycles. The van der Waals surface area contributed by atoms with E-state index in [0.717, 1.165) is 16.3 Å². The molecule has 0 saturated carbocycles. The lowest BCUT2D eigenvalue weighted by molar-refractivity contribution is -0.124. The van der Waals surface area contributed by atoms with Crippen LogP contribution in [0.5, 0.6) is 5.75 Å². The van der Waals surface area contributed by atoms with Gasteiger partial charge in [0.25, 0.3) is 0 Å². The number of benzene rings is 2. The topological polar surface area (TPSA) is 67.4 Å². The van der Waals surface area contributed by atoms with Gasteiger partial charge in [0, 0.05) is 11.3 Å². The maximum atomic E-state index is 12.1. The third kappa shape index (κ3) is 4.29. The SMILES string of the molecule is O=C(CC1Sc2ccccc2NC1=O)NCCOc1ccccc1. The van der Waals surface area contributed by atoms with Crippen molar-refractivity contribution in [3.63, 3.8) is 0 Å². The van der Waals surface area contributed by atoms with Gasteiger partial charge in [-0.25, -0.2) is 0 Å². The Morgan fingerprint density at radius 2 is 1.88 bits per heavy atom. The molecule has 0 radical (unpaired) electrons. The molecule has 2 aromatic carbocycles. The maximum Gasteiger partial charge on any atom is 0.238 e. The van der Waals surface area contributed by atoms with E-state index in [2.05, 4.69) is 10.6 Å². The predicted octanol–water partition coefficient (Wildman–Crippen LogP) is 2.68. The summed E-state index contributed by atoms with van der Waals surface area (Å²) in [5, 5.41) is 5.22. The van der Waals surface area contributed by atoms with Crippen molar-refractivity contribution < 1.29 is 14.3 Å². The highest BCUT2D eigenvalue weighted by molar-refractivity contribution is 8.01. The van der Waals surface area contributed by atoms with Crippen LogP contribution in [0.2, 0.25) is 0 Å². The summed E-state index contributed by atoms with van der Waals surface area (Å²) in [7, 11) is 0. The summed E-state index contributed by atoms with van der Waals surface area (Å²) in [6, 6.07) is 17.0. The van der Waals surface area contributed by atoms with Crippen molar-refractivity contribution >= 4 is 29.3 Å². The number of fused-ring (bicyclic) bond motifs is 1. The molecule has 1 atom stereocenters. The van der Waals surface area contributed by atoms with Gasteiger partial charge in [0.15, 0.2) is 0 Å². The van der Waals surface area contributed by atoms with Crippen LogP contribution in [0.25, 0.3) is 0 Å². The lowest BCUT2D eigenvalue weighted by Crippen LogP contribution is -2.36. The normalized spacial score (nSPS) is 16.0. The Morgan fingerprint density at radius 3 is 2.71 bits per heavy atom. The zero-order chi connectivity index (χ0) is 16.8. The van der Waals surface area contributed by atoms with E-state index in [1.807, 2.05) is 54.6 Å². The second-order valence-corrected chi connectivity index (χ2v) is 6.55. The molecule has 0 fully saturated rings. The number of para-hydroxylation sites is 2. The summed E-state index contributed by atoms with van der Waals surface area (Å²) in [6.07, 6.45) is 0.149. The van der Waals surface area contributed by atoms with Gasteiger partial charge >= 0.3 is 0 Å². The first-order valence-electron chi connectivity index (χ1n) is 7.73. The van der Waals surface area contributed by atoms with Crippen LogP contribution in [0.15, 0.2) is 59.5 Å². The van der Waals surface area contributed by atoms with Crippen molar-refractivity contribution in [2.45, 2.75) is 16.6 Å². The molecule has 3 rings (SSSR count). The molecule has 1 aliphatic rings. The van der Waals surface area contributed by atoms with Gasteiger partial charge in [-0.15, -0.1) is 11.8 Å². The van der Waals surface area contributed by atoms with E-state index in [-0.39, 0.29) is 18.2 Å². The van der Waals surface area contributed by atoms with Crippen LogP contribution in [-0.2, 0) is 9.59 Å². The molecular weight excluding hydrogens is 324 g/mol. The first-order valence-corrected chi connectivity index (χ1v) is 8.61. The van der Waals surface area contributed by atoms with Crippen LogP contribution in [0.4, 0.5) is 5.69 Å². The van der Waals surface area contributed by atoms with E-state index >= 15 is 0 Å². The molecule has 6 heteroatoms. The van der Waals surface area contributed by atoms with E-state index < -0.39 is 5.25 Å². The lowest BCUT2D eigenvalue weighted by Gasteiger charge is -2.23. The highest BCUT2D eigenvalue weighted by atomic mass is 32.2. The van der Waals surface area contributed by atoms with E-state index in [1.54, 1.807) is 0 Å². The Kier molecular flexibility index (Phi) is 5.38. The van der Waals surface area contributed by atoms with Crippen molar-refractivity contribution in [3.05, 3.63) is 54.6 Å². The summed E-state index contributed by atoms with van der Waals surface area (Å²) in [5.41, 5.74) is 0.806. The fourth-order valence-electron chi connectivity index (χ4n) is 2.34. The molecule has 1 heterocycles. The Labute approximate surface area is 144 Å². The molecule has 0 aromatic heterocycles. The number of amides is 2. The lowest BCUT2D eigenvalue weighted by atomic mass is 10.2. The fourth-order valence-corrected chi connectivity index (χ4v) is 3.45. The summed E-state index contributed by atoms with van der Waals surface area (Å²) < 4.78 is 5.51. The second-order valence-electron chi connectivity index (χ2n) is 5.31. The molecule has 2 amide bonds. The first kappa shape index (κ1) is 16.4. The van der Waals surface area contributed by atoms with Gasteiger partial charge < -0.3 is 15.4 Å². The molecule has 1 unspecified atom stereocenters. The monoisotopic (exact) mass is 342 g/mol. The smallest absolute Gasteiger partial charge is 0.238 e.